The van der Waals surface area contributed by atoms with Crippen LogP contribution in [0.3, 0.4) is 0 Å². The Morgan fingerprint density at radius 3 is 1.42 bits per heavy atom. The van der Waals surface area contributed by atoms with E-state index < -0.39 is 11.9 Å². The highest BCUT2D eigenvalue weighted by molar-refractivity contribution is 6.21. The van der Waals surface area contributed by atoms with E-state index in [4.69, 9.17) is 9.47 Å². The van der Waals surface area contributed by atoms with Gasteiger partial charge in [0.25, 0.3) is 0 Å². The third kappa shape index (κ3) is 4.10. The number of rotatable bonds is 6. The highest BCUT2D eigenvalue weighted by atomic mass is 16.6. The van der Waals surface area contributed by atoms with E-state index in [0.717, 1.165) is 11.1 Å². The molecule has 0 aromatic heterocycles. The van der Waals surface area contributed by atoms with Gasteiger partial charge in [-0.15, -0.1) is 0 Å². The largest absolute Gasteiger partial charge is 0.462 e. The summed E-state index contributed by atoms with van der Waals surface area (Å²) >= 11 is 0. The van der Waals surface area contributed by atoms with Gasteiger partial charge >= 0.3 is 11.9 Å². The van der Waals surface area contributed by atoms with Crippen molar-refractivity contribution in [2.24, 2.45) is 0 Å². The first kappa shape index (κ1) is 17.5. The van der Waals surface area contributed by atoms with Gasteiger partial charge in [-0.05, 0) is 25.0 Å². The van der Waals surface area contributed by atoms with Crippen LogP contribution in [0.2, 0.25) is 0 Å². The molecular weight excluding hydrogens is 304 g/mol. The zero-order valence-corrected chi connectivity index (χ0v) is 13.8. The molecule has 0 unspecified atom stereocenters. The number of hydrogen-bond acceptors (Lipinski definition) is 4. The van der Waals surface area contributed by atoms with E-state index >= 15 is 0 Å². The van der Waals surface area contributed by atoms with E-state index in [1.165, 1.54) is 0 Å². The maximum Gasteiger partial charge on any atom is 0.346 e. The molecule has 2 aromatic rings. The lowest BCUT2D eigenvalue weighted by Gasteiger charge is -2.14. The van der Waals surface area contributed by atoms with E-state index in [0.29, 0.717) is 5.57 Å². The van der Waals surface area contributed by atoms with Crippen LogP contribution in [0, 0.1) is 0 Å². The molecule has 0 aliphatic heterocycles. The molecule has 0 atom stereocenters. The predicted molar refractivity (Wildman–Crippen MR) is 92.2 cm³/mol. The highest BCUT2D eigenvalue weighted by Crippen LogP contribution is 2.28. The van der Waals surface area contributed by atoms with Crippen molar-refractivity contribution in [2.75, 3.05) is 13.2 Å². The number of benzene rings is 2. The van der Waals surface area contributed by atoms with Crippen molar-refractivity contribution in [2.45, 2.75) is 13.8 Å². The van der Waals surface area contributed by atoms with Gasteiger partial charge in [-0.3, -0.25) is 0 Å². The second-order valence-corrected chi connectivity index (χ2v) is 4.92. The lowest BCUT2D eigenvalue weighted by molar-refractivity contribution is -0.146. The molecule has 0 aliphatic rings. The third-order valence-corrected chi connectivity index (χ3v) is 3.33. The summed E-state index contributed by atoms with van der Waals surface area (Å²) in [6.07, 6.45) is 0. The first-order valence-corrected chi connectivity index (χ1v) is 7.88. The molecule has 0 aliphatic carbocycles. The minimum Gasteiger partial charge on any atom is -0.462 e. The van der Waals surface area contributed by atoms with Crippen LogP contribution in [0.25, 0.3) is 5.57 Å². The maximum atomic E-state index is 12.5. The normalized spacial score (nSPS) is 9.92. The molecule has 4 nitrogen and oxygen atoms in total. The molecule has 0 heterocycles. The molecule has 2 aromatic carbocycles. The van der Waals surface area contributed by atoms with Crippen LogP contribution in [0.5, 0.6) is 0 Å². The zero-order valence-electron chi connectivity index (χ0n) is 13.8. The fourth-order valence-electron chi connectivity index (χ4n) is 2.36. The third-order valence-electron chi connectivity index (χ3n) is 3.33. The van der Waals surface area contributed by atoms with Crippen molar-refractivity contribution in [3.05, 3.63) is 77.4 Å². The maximum absolute atomic E-state index is 12.5. The van der Waals surface area contributed by atoms with E-state index in [1.807, 2.05) is 60.7 Å². The van der Waals surface area contributed by atoms with Crippen LogP contribution in [-0.4, -0.2) is 25.2 Å². The summed E-state index contributed by atoms with van der Waals surface area (Å²) in [5.41, 5.74) is 1.92. The van der Waals surface area contributed by atoms with Gasteiger partial charge in [-0.25, -0.2) is 9.59 Å². The van der Waals surface area contributed by atoms with Gasteiger partial charge in [0.2, 0.25) is 0 Å². The molecule has 0 saturated heterocycles. The summed E-state index contributed by atoms with van der Waals surface area (Å²) in [6, 6.07) is 18.6. The molecule has 2 rings (SSSR count). The molecule has 0 N–H and O–H groups in total. The Kier molecular flexibility index (Phi) is 6.32. The number of carbonyl (C=O) groups is 2. The van der Waals surface area contributed by atoms with Gasteiger partial charge in [0.1, 0.15) is 0 Å². The molecule has 24 heavy (non-hydrogen) atoms. The molecule has 0 spiro atoms. The van der Waals surface area contributed by atoms with E-state index in [2.05, 4.69) is 0 Å². The molecule has 4 heteroatoms. The highest BCUT2D eigenvalue weighted by Gasteiger charge is 2.27. The Bertz CT molecular complexity index is 656. The number of carbonyl (C=O) groups excluding carboxylic acids is 2. The molecule has 0 fully saturated rings. The molecule has 0 saturated carbocycles. The van der Waals surface area contributed by atoms with Crippen molar-refractivity contribution in [3.63, 3.8) is 0 Å². The Morgan fingerprint density at radius 2 is 1.08 bits per heavy atom. The Labute approximate surface area is 141 Å². The lowest BCUT2D eigenvalue weighted by atomic mass is 9.93. The van der Waals surface area contributed by atoms with Gasteiger partial charge in [0, 0.05) is 5.57 Å². The summed E-state index contributed by atoms with van der Waals surface area (Å²) < 4.78 is 10.2. The predicted octanol–water partition coefficient (Wildman–Crippen LogP) is 3.61. The SMILES string of the molecule is CCOC(=O)C(C(=O)OCC)=C(c1ccccc1)c1ccccc1. The Morgan fingerprint density at radius 1 is 0.708 bits per heavy atom. The van der Waals surface area contributed by atoms with Crippen molar-refractivity contribution in [3.8, 4) is 0 Å². The van der Waals surface area contributed by atoms with Gasteiger partial charge in [-0.2, -0.15) is 0 Å². The Balaban J connectivity index is 2.72. The average molecular weight is 324 g/mol. The fraction of sp³-hybridized carbons (Fsp3) is 0.200. The average Bonchev–Trinajstić information content (AvgIpc) is 2.61. The minimum absolute atomic E-state index is 0.0869. The molecule has 0 bridgehead atoms. The fourth-order valence-corrected chi connectivity index (χ4v) is 2.36. The van der Waals surface area contributed by atoms with Crippen LogP contribution in [0.4, 0.5) is 0 Å². The van der Waals surface area contributed by atoms with Gasteiger partial charge in [-0.1, -0.05) is 60.7 Å². The van der Waals surface area contributed by atoms with E-state index in [1.54, 1.807) is 13.8 Å². The quantitative estimate of drug-likeness (QED) is 0.352. The zero-order chi connectivity index (χ0) is 17.4. The van der Waals surface area contributed by atoms with Gasteiger partial charge in [0.05, 0.1) is 13.2 Å². The van der Waals surface area contributed by atoms with Crippen molar-refractivity contribution < 1.29 is 19.1 Å². The number of hydrogen-bond donors (Lipinski definition) is 0. The van der Waals surface area contributed by atoms with Gasteiger partial charge in [0.15, 0.2) is 5.57 Å². The second kappa shape index (κ2) is 8.67. The number of ether oxygens (including phenoxy) is 2. The summed E-state index contributed by atoms with van der Waals surface area (Å²) in [4.78, 5) is 24.9. The van der Waals surface area contributed by atoms with Crippen LogP contribution in [-0.2, 0) is 19.1 Å². The summed E-state index contributed by atoms with van der Waals surface area (Å²) in [6.45, 7) is 3.76. The van der Waals surface area contributed by atoms with Crippen molar-refractivity contribution in [1.29, 1.82) is 0 Å². The standard InChI is InChI=1S/C20H20O4/c1-3-23-19(21)18(20(22)24-4-2)17(15-11-7-5-8-12-15)16-13-9-6-10-14-16/h5-14H,3-4H2,1-2H3. The number of esters is 2. The monoisotopic (exact) mass is 324 g/mol. The lowest BCUT2D eigenvalue weighted by Crippen LogP contribution is -2.20. The second-order valence-electron chi connectivity index (χ2n) is 4.92. The molecule has 0 amide bonds. The summed E-state index contributed by atoms with van der Waals surface area (Å²) in [5.74, 6) is -1.36. The van der Waals surface area contributed by atoms with E-state index in [9.17, 15) is 9.59 Å². The summed E-state index contributed by atoms with van der Waals surface area (Å²) in [5, 5.41) is 0. The van der Waals surface area contributed by atoms with Crippen LogP contribution in [0.15, 0.2) is 66.2 Å². The molecule has 124 valence electrons. The summed E-state index contributed by atoms with van der Waals surface area (Å²) in [7, 11) is 0. The van der Waals surface area contributed by atoms with Gasteiger partial charge < -0.3 is 9.47 Å². The van der Waals surface area contributed by atoms with Crippen LogP contribution >= 0.6 is 0 Å². The molecular formula is C20H20O4. The van der Waals surface area contributed by atoms with Crippen molar-refractivity contribution >= 4 is 17.5 Å². The minimum atomic E-state index is -0.682. The molecule has 0 radical (unpaired) electrons. The first-order chi connectivity index (χ1) is 11.7. The topological polar surface area (TPSA) is 52.6 Å². The van der Waals surface area contributed by atoms with Crippen LogP contribution in [0.1, 0.15) is 25.0 Å². The smallest absolute Gasteiger partial charge is 0.346 e. The Hall–Kier alpha value is -2.88. The van der Waals surface area contributed by atoms with Crippen LogP contribution < -0.4 is 0 Å². The van der Waals surface area contributed by atoms with E-state index in [-0.39, 0.29) is 18.8 Å². The van der Waals surface area contributed by atoms with Crippen molar-refractivity contribution in [1.82, 2.24) is 0 Å². The first-order valence-electron chi connectivity index (χ1n) is 7.88.